The number of nitrogens with zero attached hydrogens (tertiary/aromatic N) is 2. The molecule has 6 heteroatoms. The Morgan fingerprint density at radius 1 is 1.09 bits per heavy atom. The third kappa shape index (κ3) is 2.77. The van der Waals surface area contributed by atoms with Crippen molar-refractivity contribution in [2.45, 2.75) is 12.3 Å². The van der Waals surface area contributed by atoms with Crippen molar-refractivity contribution >= 4 is 23.2 Å². The number of carbonyl (C=O) groups is 2. The van der Waals surface area contributed by atoms with Crippen molar-refractivity contribution < 1.29 is 19.1 Å². The van der Waals surface area contributed by atoms with Crippen molar-refractivity contribution in [1.29, 1.82) is 0 Å². The van der Waals surface area contributed by atoms with Crippen LogP contribution in [-0.4, -0.2) is 25.5 Å². The Balaban J connectivity index is 1.75. The van der Waals surface area contributed by atoms with Gasteiger partial charge in [0.1, 0.15) is 5.75 Å². The molecule has 2 aliphatic rings. The van der Waals surface area contributed by atoms with Crippen molar-refractivity contribution in [2.24, 2.45) is 0 Å². The number of benzene rings is 3. The Morgan fingerprint density at radius 3 is 2.62 bits per heavy atom. The van der Waals surface area contributed by atoms with E-state index < -0.39 is 5.72 Å². The van der Waals surface area contributed by atoms with Crippen LogP contribution in [0, 0.1) is 0 Å². The van der Waals surface area contributed by atoms with E-state index in [0.29, 0.717) is 34.8 Å². The third-order valence-corrected chi connectivity index (χ3v) is 5.91. The predicted octanol–water partition coefficient (Wildman–Crippen LogP) is 4.26. The minimum absolute atomic E-state index is 0.208. The lowest BCUT2D eigenvalue weighted by molar-refractivity contribution is -0.146. The van der Waals surface area contributed by atoms with Crippen LogP contribution in [0.5, 0.6) is 5.75 Å². The molecule has 6 nitrogen and oxygen atoms in total. The van der Waals surface area contributed by atoms with Gasteiger partial charge in [-0.05, 0) is 30.3 Å². The van der Waals surface area contributed by atoms with Gasteiger partial charge in [-0.15, -0.1) is 6.58 Å². The first-order valence-corrected chi connectivity index (χ1v) is 10.3. The Bertz CT molecular complexity index is 1240. The van der Waals surface area contributed by atoms with Gasteiger partial charge in [0.05, 0.1) is 25.1 Å². The van der Waals surface area contributed by atoms with Crippen LogP contribution in [0.1, 0.15) is 21.5 Å². The second-order valence-corrected chi connectivity index (χ2v) is 7.66. The molecule has 5 rings (SSSR count). The summed E-state index contributed by atoms with van der Waals surface area (Å²) < 4.78 is 11.6. The quantitative estimate of drug-likeness (QED) is 0.585. The minimum Gasteiger partial charge on any atom is -0.497 e. The summed E-state index contributed by atoms with van der Waals surface area (Å²) in [4.78, 5) is 31.1. The van der Waals surface area contributed by atoms with Gasteiger partial charge in [0.15, 0.2) is 0 Å². The Hall–Kier alpha value is -3.90. The van der Waals surface area contributed by atoms with Gasteiger partial charge in [-0.25, -0.2) is 0 Å². The van der Waals surface area contributed by atoms with Crippen LogP contribution in [0.4, 0.5) is 11.4 Å². The maximum atomic E-state index is 14.0. The van der Waals surface area contributed by atoms with Crippen molar-refractivity contribution in [3.05, 3.63) is 102 Å². The number of rotatable bonds is 4. The van der Waals surface area contributed by atoms with Gasteiger partial charge < -0.3 is 14.4 Å². The zero-order chi connectivity index (χ0) is 22.3. The number of hydrogen-bond donors (Lipinski definition) is 0. The summed E-state index contributed by atoms with van der Waals surface area (Å²) in [5, 5.41) is 0. The van der Waals surface area contributed by atoms with Crippen LogP contribution in [0.25, 0.3) is 0 Å². The Labute approximate surface area is 186 Å². The lowest BCUT2D eigenvalue weighted by Crippen LogP contribution is -2.59. The number of methoxy groups -OCH3 is 1. The van der Waals surface area contributed by atoms with Gasteiger partial charge in [-0.3, -0.25) is 14.5 Å². The van der Waals surface area contributed by atoms with Gasteiger partial charge >= 0.3 is 0 Å². The summed E-state index contributed by atoms with van der Waals surface area (Å²) in [5.74, 6) is -0.105. The number of ether oxygens (including phenoxy) is 2. The normalized spacial score (nSPS) is 19.0. The van der Waals surface area contributed by atoms with Crippen molar-refractivity contribution in [2.75, 3.05) is 23.5 Å². The van der Waals surface area contributed by atoms with Crippen molar-refractivity contribution in [1.82, 2.24) is 0 Å². The van der Waals surface area contributed by atoms with E-state index in [1.165, 1.54) is 4.90 Å². The average molecular weight is 426 g/mol. The molecule has 3 aromatic carbocycles. The first kappa shape index (κ1) is 20.0. The number of anilines is 2. The fourth-order valence-electron chi connectivity index (χ4n) is 4.47. The fourth-order valence-corrected chi connectivity index (χ4v) is 4.47. The SMILES string of the molecule is C=CCN1C(=O)[C@]2(OCc3ccccc3N2C(=O)c2cccc(OC)c2)c2ccccc21. The monoisotopic (exact) mass is 426 g/mol. The summed E-state index contributed by atoms with van der Waals surface area (Å²) >= 11 is 0. The summed E-state index contributed by atoms with van der Waals surface area (Å²) in [6.45, 7) is 4.31. The molecule has 1 spiro atoms. The van der Waals surface area contributed by atoms with Crippen LogP contribution < -0.4 is 14.5 Å². The van der Waals surface area contributed by atoms with E-state index in [1.807, 2.05) is 48.5 Å². The number of hydrogen-bond acceptors (Lipinski definition) is 4. The number of fused-ring (bicyclic) bond motifs is 3. The summed E-state index contributed by atoms with van der Waals surface area (Å²) in [7, 11) is 1.55. The van der Waals surface area contributed by atoms with E-state index in [2.05, 4.69) is 6.58 Å². The van der Waals surface area contributed by atoms with Gasteiger partial charge in [0.25, 0.3) is 17.5 Å². The average Bonchev–Trinajstić information content (AvgIpc) is 3.07. The molecule has 32 heavy (non-hydrogen) atoms. The maximum Gasteiger partial charge on any atom is 0.286 e. The van der Waals surface area contributed by atoms with Crippen LogP contribution in [0.2, 0.25) is 0 Å². The highest BCUT2D eigenvalue weighted by Crippen LogP contribution is 2.50. The zero-order valence-corrected chi connectivity index (χ0v) is 17.7. The molecular formula is C26H22N2O4. The minimum atomic E-state index is -1.60. The molecule has 0 radical (unpaired) electrons. The molecule has 160 valence electrons. The molecule has 0 saturated carbocycles. The molecule has 0 aromatic heterocycles. The zero-order valence-electron chi connectivity index (χ0n) is 17.7. The van der Waals surface area contributed by atoms with Crippen LogP contribution in [0.15, 0.2) is 85.5 Å². The highest BCUT2D eigenvalue weighted by Gasteiger charge is 2.60. The second-order valence-electron chi connectivity index (χ2n) is 7.66. The summed E-state index contributed by atoms with van der Waals surface area (Å²) in [5.41, 5.74) is 1.62. The second kappa shape index (κ2) is 7.66. The first-order chi connectivity index (χ1) is 15.6. The summed E-state index contributed by atoms with van der Waals surface area (Å²) in [6, 6.07) is 21.8. The van der Waals surface area contributed by atoms with Gasteiger partial charge in [0.2, 0.25) is 0 Å². The van der Waals surface area contributed by atoms with E-state index in [4.69, 9.17) is 9.47 Å². The Kier molecular flexibility index (Phi) is 4.79. The van der Waals surface area contributed by atoms with Crippen molar-refractivity contribution in [3.8, 4) is 5.75 Å². The predicted molar refractivity (Wildman–Crippen MR) is 122 cm³/mol. The number of amides is 2. The molecule has 0 fully saturated rings. The van der Waals surface area contributed by atoms with E-state index in [0.717, 1.165) is 5.56 Å². The van der Waals surface area contributed by atoms with Crippen LogP contribution in [0.3, 0.4) is 0 Å². The molecule has 0 bridgehead atoms. The molecule has 0 N–H and O–H groups in total. The van der Waals surface area contributed by atoms with E-state index >= 15 is 0 Å². The standard InChI is InChI=1S/C26H22N2O4/c1-3-15-27-23-14-7-5-12-21(23)26(25(27)30)28(22-13-6-4-9-19(22)17-32-26)24(29)18-10-8-11-20(16-18)31-2/h3-14,16H,1,15,17H2,2H3/t26-/m1/s1. The number of para-hydroxylation sites is 2. The molecule has 2 heterocycles. The van der Waals surface area contributed by atoms with Gasteiger partial charge in [-0.1, -0.05) is 48.5 Å². The highest BCUT2D eigenvalue weighted by atomic mass is 16.5. The third-order valence-electron chi connectivity index (χ3n) is 5.91. The largest absolute Gasteiger partial charge is 0.497 e. The van der Waals surface area contributed by atoms with Crippen LogP contribution in [-0.2, 0) is 21.9 Å². The first-order valence-electron chi connectivity index (χ1n) is 10.3. The van der Waals surface area contributed by atoms with E-state index in [1.54, 1.807) is 42.4 Å². The maximum absolute atomic E-state index is 14.0. The Morgan fingerprint density at radius 2 is 1.84 bits per heavy atom. The molecule has 0 aliphatic carbocycles. The molecule has 2 amide bonds. The molecule has 3 aromatic rings. The molecular weight excluding hydrogens is 404 g/mol. The van der Waals surface area contributed by atoms with E-state index in [-0.39, 0.29) is 18.4 Å². The molecule has 0 saturated heterocycles. The lowest BCUT2D eigenvalue weighted by Gasteiger charge is -2.44. The van der Waals surface area contributed by atoms with Crippen molar-refractivity contribution in [3.63, 3.8) is 0 Å². The van der Waals surface area contributed by atoms with E-state index in [9.17, 15) is 9.59 Å². The van der Waals surface area contributed by atoms with Gasteiger partial charge in [-0.2, -0.15) is 0 Å². The fraction of sp³-hybridized carbons (Fsp3) is 0.154. The topological polar surface area (TPSA) is 59.1 Å². The lowest BCUT2D eigenvalue weighted by atomic mass is 9.96. The highest BCUT2D eigenvalue weighted by molar-refractivity contribution is 6.17. The smallest absolute Gasteiger partial charge is 0.286 e. The number of carbonyl (C=O) groups excluding carboxylic acids is 2. The van der Waals surface area contributed by atoms with Gasteiger partial charge in [0, 0.05) is 23.2 Å². The van der Waals surface area contributed by atoms with Crippen LogP contribution >= 0.6 is 0 Å². The molecule has 0 unspecified atom stereocenters. The molecule has 2 aliphatic heterocycles. The summed E-state index contributed by atoms with van der Waals surface area (Å²) in [6.07, 6.45) is 1.67. The molecule has 1 atom stereocenters.